The Kier molecular flexibility index (Phi) is 7.42. The Bertz CT molecular complexity index is 1390. The number of hydrogen-bond acceptors (Lipinski definition) is 5. The molecule has 4 atom stereocenters. The lowest BCUT2D eigenvalue weighted by Crippen LogP contribution is -2.52. The van der Waals surface area contributed by atoms with Crippen molar-refractivity contribution in [2.75, 3.05) is 0 Å². The fourth-order valence-corrected chi connectivity index (χ4v) is 5.10. The highest BCUT2D eigenvalue weighted by molar-refractivity contribution is 6.30. The quantitative estimate of drug-likeness (QED) is 0.238. The summed E-state index contributed by atoms with van der Waals surface area (Å²) in [5.74, 6) is 0.525. The second-order valence-electron chi connectivity index (χ2n) is 8.84. The molecule has 37 heavy (non-hydrogen) atoms. The normalized spacial score (nSPS) is 20.6. The van der Waals surface area contributed by atoms with Crippen LogP contribution in [0, 0.1) is 6.92 Å². The molecular formula is C29H25Cl2N3O3. The van der Waals surface area contributed by atoms with Crippen LogP contribution in [-0.2, 0) is 9.53 Å². The van der Waals surface area contributed by atoms with Crippen LogP contribution < -0.4 is 0 Å². The number of benzene rings is 3. The van der Waals surface area contributed by atoms with Gasteiger partial charge < -0.3 is 14.1 Å². The van der Waals surface area contributed by atoms with Gasteiger partial charge in [0.25, 0.3) is 5.91 Å². The van der Waals surface area contributed by atoms with E-state index in [4.69, 9.17) is 32.4 Å². The second-order valence-corrected chi connectivity index (χ2v) is 9.71. The van der Waals surface area contributed by atoms with Crippen molar-refractivity contribution in [2.24, 2.45) is 0 Å². The maximum absolute atomic E-state index is 14.2. The van der Waals surface area contributed by atoms with Crippen molar-refractivity contribution in [3.8, 4) is 0 Å². The van der Waals surface area contributed by atoms with Crippen LogP contribution in [0.1, 0.15) is 53.1 Å². The molecule has 0 unspecified atom stereocenters. The Hall–Kier alpha value is -3.45. The molecule has 8 heteroatoms. The molecule has 2 heterocycles. The summed E-state index contributed by atoms with van der Waals surface area (Å²) in [5, 5.41) is 9.58. The van der Waals surface area contributed by atoms with Gasteiger partial charge in [-0.05, 0) is 41.0 Å². The molecule has 1 fully saturated rings. The first-order chi connectivity index (χ1) is 18.0. The van der Waals surface area contributed by atoms with Gasteiger partial charge >= 0.3 is 0 Å². The molecule has 1 aliphatic rings. The van der Waals surface area contributed by atoms with Gasteiger partial charge in [-0.1, -0.05) is 83.9 Å². The molecule has 0 saturated carbocycles. The molecule has 1 saturated heterocycles. The first kappa shape index (κ1) is 25.2. The van der Waals surface area contributed by atoms with Gasteiger partial charge in [0.2, 0.25) is 11.8 Å². The number of aryl methyl sites for hydroxylation is 1. The number of rotatable bonds is 7. The van der Waals surface area contributed by atoms with Gasteiger partial charge in [-0.3, -0.25) is 4.79 Å². The molecule has 1 amide bonds. The minimum Gasteiger partial charge on any atom is -0.423 e. The average Bonchev–Trinajstić information content (AvgIpc) is 3.33. The highest BCUT2D eigenvalue weighted by atomic mass is 35.5. The Balaban J connectivity index is 1.75. The first-order valence-corrected chi connectivity index (χ1v) is 12.7. The SMILES string of the molecule is C=CC[C@@H]1O[C@@H](c2cccc(Cl)c2)[C@@H](c2ccc(Cl)cc2)N([C@@H](c2ccccc2)c2nnc(C)o2)C1=O. The Morgan fingerprint density at radius 2 is 1.73 bits per heavy atom. The van der Waals surface area contributed by atoms with Crippen LogP contribution in [0.15, 0.2) is 95.9 Å². The topological polar surface area (TPSA) is 68.5 Å². The third kappa shape index (κ3) is 5.18. The number of amides is 1. The number of morpholine rings is 1. The van der Waals surface area contributed by atoms with Crippen LogP contribution in [0.25, 0.3) is 0 Å². The summed E-state index contributed by atoms with van der Waals surface area (Å²) >= 11 is 12.6. The lowest BCUT2D eigenvalue weighted by Gasteiger charge is -2.47. The number of halogens is 2. The largest absolute Gasteiger partial charge is 0.423 e. The van der Waals surface area contributed by atoms with Gasteiger partial charge in [-0.2, -0.15) is 0 Å². The molecule has 6 nitrogen and oxygen atoms in total. The summed E-state index contributed by atoms with van der Waals surface area (Å²) in [6, 6.07) is 23.4. The van der Waals surface area contributed by atoms with Crippen LogP contribution in [0.4, 0.5) is 0 Å². The molecule has 0 aliphatic carbocycles. The number of hydrogen-bond donors (Lipinski definition) is 0. The van der Waals surface area contributed by atoms with Crippen molar-refractivity contribution in [2.45, 2.75) is 37.6 Å². The van der Waals surface area contributed by atoms with E-state index in [1.165, 1.54) is 0 Å². The van der Waals surface area contributed by atoms with Gasteiger partial charge in [0.05, 0.1) is 6.04 Å². The minimum atomic E-state index is -0.764. The van der Waals surface area contributed by atoms with Gasteiger partial charge in [0.1, 0.15) is 18.2 Å². The van der Waals surface area contributed by atoms with Crippen LogP contribution in [0.5, 0.6) is 0 Å². The predicted octanol–water partition coefficient (Wildman–Crippen LogP) is 7.06. The van der Waals surface area contributed by atoms with Crippen LogP contribution in [-0.4, -0.2) is 27.1 Å². The van der Waals surface area contributed by atoms with E-state index in [0.29, 0.717) is 28.2 Å². The summed E-state index contributed by atoms with van der Waals surface area (Å²) in [5.41, 5.74) is 2.52. The predicted molar refractivity (Wildman–Crippen MR) is 142 cm³/mol. The molecule has 4 aromatic rings. The molecule has 0 radical (unpaired) electrons. The number of aromatic nitrogens is 2. The van der Waals surface area contributed by atoms with E-state index >= 15 is 0 Å². The van der Waals surface area contributed by atoms with Crippen LogP contribution in [0.3, 0.4) is 0 Å². The molecule has 188 valence electrons. The van der Waals surface area contributed by atoms with Gasteiger partial charge in [-0.15, -0.1) is 16.8 Å². The fourth-order valence-electron chi connectivity index (χ4n) is 4.77. The monoisotopic (exact) mass is 533 g/mol. The Morgan fingerprint density at radius 1 is 0.973 bits per heavy atom. The number of carbonyl (C=O) groups is 1. The van der Waals surface area contributed by atoms with Crippen molar-refractivity contribution in [1.29, 1.82) is 0 Å². The molecule has 5 rings (SSSR count). The van der Waals surface area contributed by atoms with E-state index < -0.39 is 24.3 Å². The zero-order valence-electron chi connectivity index (χ0n) is 20.1. The fraction of sp³-hybridized carbons (Fsp3) is 0.207. The van der Waals surface area contributed by atoms with E-state index in [2.05, 4.69) is 16.8 Å². The van der Waals surface area contributed by atoms with Crippen molar-refractivity contribution in [3.63, 3.8) is 0 Å². The van der Waals surface area contributed by atoms with Crippen molar-refractivity contribution in [1.82, 2.24) is 15.1 Å². The van der Waals surface area contributed by atoms with E-state index in [1.54, 1.807) is 30.0 Å². The van der Waals surface area contributed by atoms with Gasteiger partial charge in [0.15, 0.2) is 0 Å². The molecule has 1 aromatic heterocycles. The maximum Gasteiger partial charge on any atom is 0.253 e. The van der Waals surface area contributed by atoms with Crippen LogP contribution >= 0.6 is 23.2 Å². The summed E-state index contributed by atoms with van der Waals surface area (Å²) in [7, 11) is 0. The lowest BCUT2D eigenvalue weighted by atomic mass is 9.88. The number of ether oxygens (including phenoxy) is 1. The number of nitrogens with zero attached hydrogens (tertiary/aromatic N) is 3. The van der Waals surface area contributed by atoms with Gasteiger partial charge in [-0.25, -0.2) is 0 Å². The summed E-state index contributed by atoms with van der Waals surface area (Å²) < 4.78 is 12.5. The van der Waals surface area contributed by atoms with E-state index in [0.717, 1.165) is 16.7 Å². The summed E-state index contributed by atoms with van der Waals surface area (Å²) in [6.45, 7) is 5.58. The molecule has 3 aromatic carbocycles. The Morgan fingerprint density at radius 3 is 2.38 bits per heavy atom. The highest BCUT2D eigenvalue weighted by Gasteiger charge is 2.48. The highest BCUT2D eigenvalue weighted by Crippen LogP contribution is 2.48. The molecule has 0 spiro atoms. The summed E-state index contributed by atoms with van der Waals surface area (Å²) in [4.78, 5) is 16.0. The summed E-state index contributed by atoms with van der Waals surface area (Å²) in [6.07, 6.45) is 0.717. The van der Waals surface area contributed by atoms with Gasteiger partial charge in [0, 0.05) is 23.4 Å². The lowest BCUT2D eigenvalue weighted by molar-refractivity contribution is -0.178. The zero-order chi connectivity index (χ0) is 25.9. The maximum atomic E-state index is 14.2. The minimum absolute atomic E-state index is 0.206. The molecule has 1 aliphatic heterocycles. The van der Waals surface area contributed by atoms with Crippen LogP contribution in [0.2, 0.25) is 10.0 Å². The smallest absolute Gasteiger partial charge is 0.253 e. The third-order valence-corrected chi connectivity index (χ3v) is 6.85. The number of carbonyl (C=O) groups excluding carboxylic acids is 1. The van der Waals surface area contributed by atoms with Crippen molar-refractivity contribution >= 4 is 29.1 Å². The Labute approximate surface area is 225 Å². The average molecular weight is 534 g/mol. The third-order valence-electron chi connectivity index (χ3n) is 6.37. The van der Waals surface area contributed by atoms with E-state index in [-0.39, 0.29) is 5.91 Å². The van der Waals surface area contributed by atoms with Crippen molar-refractivity contribution in [3.05, 3.63) is 130 Å². The first-order valence-electron chi connectivity index (χ1n) is 11.9. The van der Waals surface area contributed by atoms with E-state index in [1.807, 2.05) is 66.7 Å². The molecule has 0 bridgehead atoms. The standard InChI is InChI=1S/C29H25Cl2N3O3/c1-3-8-24-29(35)34(26(19-9-5-4-6-10-19)28-33-32-18(2)36-28)25(20-13-15-22(30)16-14-20)27(37-24)21-11-7-12-23(31)17-21/h3-7,9-17,24-27H,1,8H2,2H3/t24-,25+,26-,27-/m0/s1. The second kappa shape index (κ2) is 10.9. The molecular weight excluding hydrogens is 509 g/mol. The zero-order valence-corrected chi connectivity index (χ0v) is 21.6. The molecule has 0 N–H and O–H groups in total. The van der Waals surface area contributed by atoms with E-state index in [9.17, 15) is 4.79 Å². The van der Waals surface area contributed by atoms with Crippen molar-refractivity contribution < 1.29 is 13.9 Å².